The maximum atomic E-state index is 13.1. The molecule has 6 heteroatoms. The van der Waals surface area contributed by atoms with Crippen LogP contribution in [0.2, 0.25) is 0 Å². The highest BCUT2D eigenvalue weighted by Crippen LogP contribution is 2.22. The molecule has 1 aromatic heterocycles. The molecule has 1 aromatic carbocycles. The molecule has 0 atom stereocenters. The molecule has 0 radical (unpaired) electrons. The molecule has 0 fully saturated rings. The minimum Gasteiger partial charge on any atom is -0.322 e. The smallest absolute Gasteiger partial charge is 0.305 e. The van der Waals surface area contributed by atoms with Crippen molar-refractivity contribution in [3.05, 3.63) is 50.6 Å². The fourth-order valence-electron chi connectivity index (χ4n) is 1.30. The van der Waals surface area contributed by atoms with Gasteiger partial charge in [-0.1, -0.05) is 0 Å². The van der Waals surface area contributed by atoms with Gasteiger partial charge in [0.2, 0.25) is 11.4 Å². The van der Waals surface area contributed by atoms with E-state index in [0.717, 1.165) is 12.1 Å². The van der Waals surface area contributed by atoms with Gasteiger partial charge in [-0.25, -0.2) is 0 Å². The number of aromatic amines is 1. The Kier molecular flexibility index (Phi) is 1.96. The summed E-state index contributed by atoms with van der Waals surface area (Å²) in [6.07, 6.45) is 0. The van der Waals surface area contributed by atoms with Crippen molar-refractivity contribution in [3.8, 4) is 0 Å². The van der Waals surface area contributed by atoms with Crippen LogP contribution < -0.4 is 5.56 Å². The molecule has 2 rings (SSSR count). The molecule has 2 aromatic rings. The summed E-state index contributed by atoms with van der Waals surface area (Å²) in [6, 6.07) is 4.65. The Morgan fingerprint density at radius 2 is 2.07 bits per heavy atom. The Bertz CT molecular complexity index is 606. The predicted octanol–water partition coefficient (Wildman–Crippen LogP) is 1.58. The van der Waals surface area contributed by atoms with Crippen LogP contribution >= 0.6 is 0 Å². The van der Waals surface area contributed by atoms with Gasteiger partial charge >= 0.3 is 5.69 Å². The van der Waals surface area contributed by atoms with Crippen molar-refractivity contribution < 1.29 is 9.31 Å². The van der Waals surface area contributed by atoms with Crippen LogP contribution in [0.5, 0.6) is 0 Å². The molecule has 5 nitrogen and oxygen atoms in total. The number of nitrogens with zero attached hydrogens (tertiary/aromatic N) is 1. The summed E-state index contributed by atoms with van der Waals surface area (Å²) in [4.78, 5) is 22.9. The first-order chi connectivity index (χ1) is 7.08. The van der Waals surface area contributed by atoms with Gasteiger partial charge in [-0.3, -0.25) is 14.9 Å². The number of nitro benzene ring substituents is 1. The summed E-state index contributed by atoms with van der Waals surface area (Å²) in [5.74, 6) is -0.964. The van der Waals surface area contributed by atoms with Crippen LogP contribution in [0.3, 0.4) is 0 Å². The number of nitrogens with one attached hydrogen (secondary N) is 1. The maximum Gasteiger partial charge on any atom is 0.305 e. The minimum absolute atomic E-state index is 0.241. The molecule has 0 aliphatic carbocycles. The van der Waals surface area contributed by atoms with Crippen LogP contribution in [0.25, 0.3) is 10.9 Å². The third kappa shape index (κ3) is 1.56. The third-order valence-corrected chi connectivity index (χ3v) is 1.99. The number of hydrogen-bond acceptors (Lipinski definition) is 3. The number of H-pyrrole nitrogens is 1. The van der Waals surface area contributed by atoms with Gasteiger partial charge < -0.3 is 4.98 Å². The lowest BCUT2D eigenvalue weighted by molar-refractivity contribution is -0.387. The molecule has 0 bridgehead atoms. The van der Waals surface area contributed by atoms with Crippen molar-refractivity contribution in [1.82, 2.24) is 4.98 Å². The average molecular weight is 208 g/mol. The zero-order valence-electron chi connectivity index (χ0n) is 7.36. The second-order valence-corrected chi connectivity index (χ2v) is 2.97. The highest BCUT2D eigenvalue weighted by atomic mass is 19.1. The summed E-state index contributed by atoms with van der Waals surface area (Å²) in [5, 5.41) is 10.8. The number of aromatic nitrogens is 1. The summed E-state index contributed by atoms with van der Waals surface area (Å²) >= 11 is 0. The number of halogens is 1. The first-order valence-corrected chi connectivity index (χ1v) is 4.05. The monoisotopic (exact) mass is 208 g/mol. The fraction of sp³-hybridized carbons (Fsp3) is 0. The lowest BCUT2D eigenvalue weighted by atomic mass is 10.2. The molecule has 0 spiro atoms. The van der Waals surface area contributed by atoms with Gasteiger partial charge in [0.1, 0.15) is 0 Å². The standard InChI is InChI=1S/C9H5FN2O3/c10-6-4-7-5(1-2-9(13)11-7)3-8(6)12(14)15/h1-4H,(H,11,13). The number of benzene rings is 1. The molecule has 0 aliphatic rings. The number of nitro groups is 1. The Labute approximate surface area is 82.3 Å². The van der Waals surface area contributed by atoms with Crippen molar-refractivity contribution in [2.75, 3.05) is 0 Å². The van der Waals surface area contributed by atoms with E-state index >= 15 is 0 Å². The van der Waals surface area contributed by atoms with Crippen molar-refractivity contribution >= 4 is 16.6 Å². The van der Waals surface area contributed by atoms with E-state index in [2.05, 4.69) is 4.98 Å². The van der Waals surface area contributed by atoms with E-state index in [1.54, 1.807) is 0 Å². The zero-order chi connectivity index (χ0) is 11.0. The second-order valence-electron chi connectivity index (χ2n) is 2.97. The number of hydrogen-bond donors (Lipinski definition) is 1. The summed E-state index contributed by atoms with van der Waals surface area (Å²) in [7, 11) is 0. The van der Waals surface area contributed by atoms with Gasteiger partial charge in [0.25, 0.3) is 0 Å². The van der Waals surface area contributed by atoms with E-state index in [1.165, 1.54) is 12.1 Å². The minimum atomic E-state index is -0.964. The highest BCUT2D eigenvalue weighted by Gasteiger charge is 2.14. The van der Waals surface area contributed by atoms with Crippen molar-refractivity contribution in [1.29, 1.82) is 0 Å². The van der Waals surface area contributed by atoms with Gasteiger partial charge in [0.15, 0.2) is 0 Å². The first kappa shape index (κ1) is 9.32. The van der Waals surface area contributed by atoms with E-state index in [9.17, 15) is 19.3 Å². The number of rotatable bonds is 1. The molecular weight excluding hydrogens is 203 g/mol. The van der Waals surface area contributed by atoms with E-state index in [0.29, 0.717) is 5.39 Å². The number of fused-ring (bicyclic) bond motifs is 1. The van der Waals surface area contributed by atoms with Gasteiger partial charge in [0.05, 0.1) is 10.4 Å². The van der Waals surface area contributed by atoms with Gasteiger partial charge in [-0.15, -0.1) is 0 Å². The molecule has 0 saturated heterocycles. The van der Waals surface area contributed by atoms with E-state index in [-0.39, 0.29) is 11.1 Å². The van der Waals surface area contributed by atoms with Crippen LogP contribution in [0.4, 0.5) is 10.1 Å². The summed E-state index contributed by atoms with van der Waals surface area (Å²) in [5.41, 5.74) is -0.740. The molecule has 1 N–H and O–H groups in total. The van der Waals surface area contributed by atoms with Crippen LogP contribution in [-0.4, -0.2) is 9.91 Å². The molecule has 1 heterocycles. The quantitative estimate of drug-likeness (QED) is 0.570. The fourth-order valence-corrected chi connectivity index (χ4v) is 1.30. The molecule has 0 saturated carbocycles. The van der Waals surface area contributed by atoms with E-state index in [1.807, 2.05) is 0 Å². The van der Waals surface area contributed by atoms with Crippen LogP contribution in [0.15, 0.2) is 29.1 Å². The Morgan fingerprint density at radius 3 is 2.73 bits per heavy atom. The zero-order valence-corrected chi connectivity index (χ0v) is 7.36. The van der Waals surface area contributed by atoms with Crippen LogP contribution in [-0.2, 0) is 0 Å². The van der Waals surface area contributed by atoms with Crippen molar-refractivity contribution in [3.63, 3.8) is 0 Å². The van der Waals surface area contributed by atoms with Gasteiger partial charge in [-0.2, -0.15) is 4.39 Å². The van der Waals surface area contributed by atoms with Crippen molar-refractivity contribution in [2.24, 2.45) is 0 Å². The molecule has 0 aliphatic heterocycles. The largest absolute Gasteiger partial charge is 0.322 e. The normalized spacial score (nSPS) is 10.5. The van der Waals surface area contributed by atoms with E-state index in [4.69, 9.17) is 0 Å². The molecule has 76 valence electrons. The Balaban J connectivity index is 2.82. The molecule has 0 amide bonds. The average Bonchev–Trinajstić information content (AvgIpc) is 2.15. The topological polar surface area (TPSA) is 76.0 Å². The van der Waals surface area contributed by atoms with Gasteiger partial charge in [-0.05, 0) is 6.07 Å². The highest BCUT2D eigenvalue weighted by molar-refractivity contribution is 5.80. The number of pyridine rings is 1. The predicted molar refractivity (Wildman–Crippen MR) is 51.2 cm³/mol. The van der Waals surface area contributed by atoms with E-state index < -0.39 is 16.4 Å². The maximum absolute atomic E-state index is 13.1. The second kappa shape index (κ2) is 3.16. The lowest BCUT2D eigenvalue weighted by Gasteiger charge is -1.98. The third-order valence-electron chi connectivity index (χ3n) is 1.99. The summed E-state index contributed by atoms with van der Waals surface area (Å²) < 4.78 is 13.1. The SMILES string of the molecule is O=c1ccc2cc([N+](=O)[O-])c(F)cc2[nH]1. The molecular formula is C9H5FN2O3. The molecule has 15 heavy (non-hydrogen) atoms. The van der Waals surface area contributed by atoms with Crippen molar-refractivity contribution in [2.45, 2.75) is 0 Å². The van der Waals surface area contributed by atoms with Gasteiger partial charge in [0, 0.05) is 23.6 Å². The Morgan fingerprint density at radius 1 is 1.33 bits per heavy atom. The lowest BCUT2D eigenvalue weighted by Crippen LogP contribution is -2.03. The summed E-state index contributed by atoms with van der Waals surface area (Å²) in [6.45, 7) is 0. The first-order valence-electron chi connectivity index (χ1n) is 4.05. The Hall–Kier alpha value is -2.24. The van der Waals surface area contributed by atoms with Crippen LogP contribution in [0.1, 0.15) is 0 Å². The molecule has 0 unspecified atom stereocenters. The van der Waals surface area contributed by atoms with Crippen LogP contribution in [0, 0.1) is 15.9 Å².